The van der Waals surface area contributed by atoms with Gasteiger partial charge in [0.15, 0.2) is 11.6 Å². The Morgan fingerprint density at radius 2 is 1.65 bits per heavy atom. The summed E-state index contributed by atoms with van der Waals surface area (Å²) < 4.78 is 52.6. The highest BCUT2D eigenvalue weighted by molar-refractivity contribution is 7.92. The number of hydrogen-bond acceptors (Lipinski definition) is 2. The molecule has 0 bridgehead atoms. The van der Waals surface area contributed by atoms with Crippen LogP contribution in [0.2, 0.25) is 0 Å². The number of hydrogen-bond donors (Lipinski definition) is 1. The molecule has 0 aromatic heterocycles. The number of benzene rings is 2. The average molecular weight is 297 g/mol. The van der Waals surface area contributed by atoms with E-state index in [9.17, 15) is 17.2 Å². The number of halogens is 2. The van der Waals surface area contributed by atoms with E-state index in [-0.39, 0.29) is 10.6 Å². The van der Waals surface area contributed by atoms with Crippen molar-refractivity contribution in [2.24, 2.45) is 0 Å². The second-order valence-corrected chi connectivity index (χ2v) is 6.15. The number of anilines is 1. The average Bonchev–Trinajstić information content (AvgIpc) is 2.36. The molecule has 0 aliphatic rings. The minimum Gasteiger partial charge on any atom is -0.280 e. The first-order valence-corrected chi connectivity index (χ1v) is 7.33. The maximum Gasteiger partial charge on any atom is 0.262 e. The van der Waals surface area contributed by atoms with Crippen LogP contribution in [0.5, 0.6) is 0 Å². The van der Waals surface area contributed by atoms with Gasteiger partial charge in [0.1, 0.15) is 0 Å². The molecule has 2 rings (SSSR count). The Hall–Kier alpha value is -1.95. The Balaban J connectivity index is 2.40. The molecule has 3 nitrogen and oxygen atoms in total. The van der Waals surface area contributed by atoms with E-state index in [1.807, 2.05) is 0 Å². The molecule has 0 fully saturated rings. The molecule has 0 atom stereocenters. The molecule has 2 aromatic rings. The second-order valence-electron chi connectivity index (χ2n) is 4.50. The van der Waals surface area contributed by atoms with Crippen LogP contribution in [0.4, 0.5) is 14.5 Å². The van der Waals surface area contributed by atoms with E-state index in [1.165, 1.54) is 12.1 Å². The first-order chi connectivity index (χ1) is 9.29. The number of aryl methyl sites for hydroxylation is 2. The van der Waals surface area contributed by atoms with Gasteiger partial charge in [-0.3, -0.25) is 4.72 Å². The van der Waals surface area contributed by atoms with Crippen LogP contribution in [0.1, 0.15) is 11.1 Å². The third-order valence-corrected chi connectivity index (χ3v) is 4.33. The predicted octanol–water partition coefficient (Wildman–Crippen LogP) is 3.38. The lowest BCUT2D eigenvalue weighted by Gasteiger charge is -2.11. The van der Waals surface area contributed by atoms with Crippen molar-refractivity contribution in [3.05, 3.63) is 59.2 Å². The zero-order valence-corrected chi connectivity index (χ0v) is 11.8. The summed E-state index contributed by atoms with van der Waals surface area (Å²) in [4.78, 5) is 0.113. The van der Waals surface area contributed by atoms with Crippen LogP contribution in [0, 0.1) is 25.5 Å². The van der Waals surface area contributed by atoms with Crippen molar-refractivity contribution < 1.29 is 17.2 Å². The minimum atomic E-state index is -3.84. The van der Waals surface area contributed by atoms with E-state index in [0.29, 0.717) is 5.56 Å². The lowest BCUT2D eigenvalue weighted by molar-refractivity contribution is 0.509. The molecule has 6 heteroatoms. The van der Waals surface area contributed by atoms with Crippen LogP contribution < -0.4 is 4.72 Å². The molecule has 0 aliphatic carbocycles. The van der Waals surface area contributed by atoms with Crippen LogP contribution in [-0.4, -0.2) is 8.42 Å². The molecule has 1 N–H and O–H groups in total. The van der Waals surface area contributed by atoms with Gasteiger partial charge < -0.3 is 0 Å². The zero-order chi connectivity index (χ0) is 14.9. The van der Waals surface area contributed by atoms with Crippen LogP contribution in [-0.2, 0) is 10.0 Å². The summed E-state index contributed by atoms with van der Waals surface area (Å²) >= 11 is 0. The fraction of sp³-hybridized carbons (Fsp3) is 0.143. The van der Waals surface area contributed by atoms with Crippen LogP contribution in [0.25, 0.3) is 0 Å². The number of nitrogens with one attached hydrogen (secondary N) is 1. The molecule has 20 heavy (non-hydrogen) atoms. The standard InChI is InChI=1S/C14H13F2NO2S/c1-9-3-4-10(2)14(7-9)20(18,19)17-11-5-6-12(15)13(16)8-11/h3-8,17H,1-2H3. The molecule has 2 aromatic carbocycles. The minimum absolute atomic E-state index is 0.0233. The van der Waals surface area contributed by atoms with Crippen molar-refractivity contribution in [3.8, 4) is 0 Å². The molecule has 0 heterocycles. The summed E-state index contributed by atoms with van der Waals surface area (Å²) in [7, 11) is -3.84. The first kappa shape index (κ1) is 14.5. The maximum atomic E-state index is 13.1. The Bertz CT molecular complexity index is 758. The summed E-state index contributed by atoms with van der Waals surface area (Å²) in [5.74, 6) is -2.13. The van der Waals surface area contributed by atoms with Crippen molar-refractivity contribution in [1.82, 2.24) is 0 Å². The van der Waals surface area contributed by atoms with Gasteiger partial charge >= 0.3 is 0 Å². The lowest BCUT2D eigenvalue weighted by Crippen LogP contribution is -2.14. The highest BCUT2D eigenvalue weighted by Gasteiger charge is 2.17. The third-order valence-electron chi connectivity index (χ3n) is 2.80. The summed E-state index contributed by atoms with van der Waals surface area (Å²) in [6.45, 7) is 3.44. The van der Waals surface area contributed by atoms with Crippen molar-refractivity contribution in [2.45, 2.75) is 18.7 Å². The van der Waals surface area contributed by atoms with E-state index in [0.717, 1.165) is 17.7 Å². The highest BCUT2D eigenvalue weighted by Crippen LogP contribution is 2.21. The topological polar surface area (TPSA) is 46.2 Å². The van der Waals surface area contributed by atoms with Crippen molar-refractivity contribution in [3.63, 3.8) is 0 Å². The van der Waals surface area contributed by atoms with Gasteiger partial charge in [0.25, 0.3) is 10.0 Å². The van der Waals surface area contributed by atoms with Gasteiger partial charge in [0.05, 0.1) is 10.6 Å². The lowest BCUT2D eigenvalue weighted by atomic mass is 10.2. The highest BCUT2D eigenvalue weighted by atomic mass is 32.2. The van der Waals surface area contributed by atoms with E-state index in [4.69, 9.17) is 0 Å². The number of sulfonamides is 1. The molecular weight excluding hydrogens is 284 g/mol. The normalized spacial score (nSPS) is 11.4. The molecule has 0 spiro atoms. The van der Waals surface area contributed by atoms with Crippen LogP contribution in [0.3, 0.4) is 0 Å². The molecule has 0 amide bonds. The Kier molecular flexibility index (Phi) is 3.76. The molecule has 0 aliphatic heterocycles. The van der Waals surface area contributed by atoms with Gasteiger partial charge in [-0.1, -0.05) is 12.1 Å². The van der Waals surface area contributed by atoms with Crippen LogP contribution in [0.15, 0.2) is 41.3 Å². The second kappa shape index (κ2) is 5.20. The first-order valence-electron chi connectivity index (χ1n) is 5.85. The van der Waals surface area contributed by atoms with Gasteiger partial charge in [-0.25, -0.2) is 17.2 Å². The van der Waals surface area contributed by atoms with E-state index >= 15 is 0 Å². The quantitative estimate of drug-likeness (QED) is 0.944. The SMILES string of the molecule is Cc1ccc(C)c(S(=O)(=O)Nc2ccc(F)c(F)c2)c1. The molecule has 0 unspecified atom stereocenters. The maximum absolute atomic E-state index is 13.1. The molecule has 0 saturated heterocycles. The van der Waals surface area contributed by atoms with Crippen molar-refractivity contribution in [1.29, 1.82) is 0 Å². The van der Waals surface area contributed by atoms with Gasteiger partial charge in [-0.2, -0.15) is 0 Å². The molecule has 106 valence electrons. The largest absolute Gasteiger partial charge is 0.280 e. The monoisotopic (exact) mass is 297 g/mol. The summed E-state index contributed by atoms with van der Waals surface area (Å²) in [6.07, 6.45) is 0. The Labute approximate surface area is 116 Å². The fourth-order valence-electron chi connectivity index (χ4n) is 1.77. The fourth-order valence-corrected chi connectivity index (χ4v) is 3.15. The Morgan fingerprint density at radius 3 is 2.30 bits per heavy atom. The van der Waals surface area contributed by atoms with E-state index in [2.05, 4.69) is 4.72 Å². The summed E-state index contributed by atoms with van der Waals surface area (Å²) in [5, 5.41) is 0. The zero-order valence-electron chi connectivity index (χ0n) is 10.9. The van der Waals surface area contributed by atoms with E-state index < -0.39 is 21.7 Å². The molecule has 0 saturated carbocycles. The van der Waals surface area contributed by atoms with Gasteiger partial charge in [0.2, 0.25) is 0 Å². The van der Waals surface area contributed by atoms with Crippen molar-refractivity contribution in [2.75, 3.05) is 4.72 Å². The molecular formula is C14H13F2NO2S. The predicted molar refractivity (Wildman–Crippen MR) is 73.1 cm³/mol. The third kappa shape index (κ3) is 2.96. The molecule has 0 radical (unpaired) electrons. The summed E-state index contributed by atoms with van der Waals surface area (Å²) in [6, 6.07) is 7.86. The number of rotatable bonds is 3. The van der Waals surface area contributed by atoms with Crippen molar-refractivity contribution >= 4 is 15.7 Å². The summed E-state index contributed by atoms with van der Waals surface area (Å²) in [5.41, 5.74) is 1.34. The van der Waals surface area contributed by atoms with Crippen LogP contribution >= 0.6 is 0 Å². The van der Waals surface area contributed by atoms with Gasteiger partial charge in [-0.05, 0) is 43.2 Å². The Morgan fingerprint density at radius 1 is 0.950 bits per heavy atom. The smallest absolute Gasteiger partial charge is 0.262 e. The van der Waals surface area contributed by atoms with E-state index in [1.54, 1.807) is 26.0 Å². The van der Waals surface area contributed by atoms with Gasteiger partial charge in [0, 0.05) is 6.07 Å². The van der Waals surface area contributed by atoms with Gasteiger partial charge in [-0.15, -0.1) is 0 Å².